The lowest BCUT2D eigenvalue weighted by molar-refractivity contribution is 0.581. The van der Waals surface area contributed by atoms with E-state index in [0.717, 1.165) is 5.69 Å². The summed E-state index contributed by atoms with van der Waals surface area (Å²) in [6.07, 6.45) is 1.83. The summed E-state index contributed by atoms with van der Waals surface area (Å²) in [7, 11) is 1.86. The van der Waals surface area contributed by atoms with Crippen LogP contribution in [0.15, 0.2) is 30.5 Å². The average molecular weight is 254 g/mol. The Labute approximate surface area is 104 Å². The summed E-state index contributed by atoms with van der Waals surface area (Å²) in [5.74, 6) is -0.375. The van der Waals surface area contributed by atoms with E-state index >= 15 is 0 Å². The highest BCUT2D eigenvalue weighted by molar-refractivity contribution is 6.30. The first-order valence-electron chi connectivity index (χ1n) is 5.30. The highest BCUT2D eigenvalue weighted by Crippen LogP contribution is 2.18. The highest BCUT2D eigenvalue weighted by atomic mass is 35.5. The van der Waals surface area contributed by atoms with Crippen LogP contribution in [0.2, 0.25) is 5.02 Å². The minimum absolute atomic E-state index is 0.144. The summed E-state index contributed by atoms with van der Waals surface area (Å²) < 4.78 is 15.4. The molecule has 0 aliphatic heterocycles. The highest BCUT2D eigenvalue weighted by Gasteiger charge is 2.07. The van der Waals surface area contributed by atoms with Gasteiger partial charge in [0, 0.05) is 18.3 Å². The van der Waals surface area contributed by atoms with Gasteiger partial charge in [0.05, 0.1) is 17.3 Å². The first kappa shape index (κ1) is 12.1. The topological polar surface area (TPSA) is 29.9 Å². The molecule has 0 saturated carbocycles. The van der Waals surface area contributed by atoms with Crippen molar-refractivity contribution in [1.82, 2.24) is 15.1 Å². The van der Waals surface area contributed by atoms with Gasteiger partial charge in [-0.25, -0.2) is 4.39 Å². The SMILES string of the molecule is CNCc1ccn(Cc2cccc(Cl)c2F)n1. The van der Waals surface area contributed by atoms with Crippen molar-refractivity contribution in [2.75, 3.05) is 7.05 Å². The van der Waals surface area contributed by atoms with E-state index < -0.39 is 0 Å². The minimum atomic E-state index is -0.375. The molecule has 0 atom stereocenters. The normalized spacial score (nSPS) is 10.8. The third-order valence-corrected chi connectivity index (χ3v) is 2.71. The molecule has 1 aromatic heterocycles. The molecule has 0 radical (unpaired) electrons. The predicted octanol–water partition coefficient (Wildman–Crippen LogP) is 2.44. The Hall–Kier alpha value is -1.39. The Morgan fingerprint density at radius 3 is 3.00 bits per heavy atom. The van der Waals surface area contributed by atoms with E-state index in [1.807, 2.05) is 19.3 Å². The quantitative estimate of drug-likeness (QED) is 0.907. The van der Waals surface area contributed by atoms with Crippen LogP contribution in [0, 0.1) is 5.82 Å². The fourth-order valence-electron chi connectivity index (χ4n) is 1.61. The van der Waals surface area contributed by atoms with E-state index in [4.69, 9.17) is 11.6 Å². The standard InChI is InChI=1S/C12H13ClFN3/c1-15-7-10-5-6-17(16-10)8-9-3-2-4-11(13)12(9)14/h2-6,15H,7-8H2,1H3. The second-order valence-corrected chi connectivity index (χ2v) is 4.16. The molecule has 90 valence electrons. The van der Waals surface area contributed by atoms with Crippen LogP contribution in [0.25, 0.3) is 0 Å². The molecular weight excluding hydrogens is 241 g/mol. The average Bonchev–Trinajstić information content (AvgIpc) is 2.73. The van der Waals surface area contributed by atoms with Crippen LogP contribution in [0.3, 0.4) is 0 Å². The van der Waals surface area contributed by atoms with Crippen molar-refractivity contribution in [1.29, 1.82) is 0 Å². The number of nitrogens with zero attached hydrogens (tertiary/aromatic N) is 2. The summed E-state index contributed by atoms with van der Waals surface area (Å²) in [6.45, 7) is 1.08. The zero-order chi connectivity index (χ0) is 12.3. The lowest BCUT2D eigenvalue weighted by Crippen LogP contribution is -2.08. The van der Waals surface area contributed by atoms with Crippen LogP contribution in [0.4, 0.5) is 4.39 Å². The minimum Gasteiger partial charge on any atom is -0.314 e. The van der Waals surface area contributed by atoms with Crippen LogP contribution in [-0.2, 0) is 13.1 Å². The Bertz CT molecular complexity index is 510. The third-order valence-electron chi connectivity index (χ3n) is 2.42. The van der Waals surface area contributed by atoms with Crippen LogP contribution in [0.5, 0.6) is 0 Å². The summed E-state index contributed by atoms with van der Waals surface area (Å²) in [5, 5.41) is 7.46. The van der Waals surface area contributed by atoms with Gasteiger partial charge in [-0.2, -0.15) is 5.10 Å². The van der Waals surface area contributed by atoms with Gasteiger partial charge < -0.3 is 5.32 Å². The van der Waals surface area contributed by atoms with Gasteiger partial charge in [0.1, 0.15) is 5.82 Å². The summed E-state index contributed by atoms with van der Waals surface area (Å²) in [4.78, 5) is 0. The fourth-order valence-corrected chi connectivity index (χ4v) is 1.81. The van der Waals surface area contributed by atoms with Crippen molar-refractivity contribution in [3.63, 3.8) is 0 Å². The van der Waals surface area contributed by atoms with Crippen molar-refractivity contribution in [3.8, 4) is 0 Å². The molecule has 0 saturated heterocycles. The zero-order valence-electron chi connectivity index (χ0n) is 9.45. The maximum atomic E-state index is 13.7. The van der Waals surface area contributed by atoms with Crippen molar-refractivity contribution >= 4 is 11.6 Å². The molecule has 0 spiro atoms. The maximum absolute atomic E-state index is 13.7. The van der Waals surface area contributed by atoms with Crippen LogP contribution < -0.4 is 5.32 Å². The largest absolute Gasteiger partial charge is 0.314 e. The molecule has 1 N–H and O–H groups in total. The van der Waals surface area contributed by atoms with Crippen LogP contribution in [0.1, 0.15) is 11.3 Å². The number of aromatic nitrogens is 2. The van der Waals surface area contributed by atoms with E-state index in [9.17, 15) is 4.39 Å². The van der Waals surface area contributed by atoms with Gasteiger partial charge in [0.2, 0.25) is 0 Å². The summed E-state index contributed by atoms with van der Waals surface area (Å²) in [5.41, 5.74) is 1.46. The molecular formula is C12H13ClFN3. The Balaban J connectivity index is 2.16. The molecule has 0 aliphatic rings. The number of benzene rings is 1. The summed E-state index contributed by atoms with van der Waals surface area (Å²) in [6, 6.07) is 6.88. The number of rotatable bonds is 4. The Morgan fingerprint density at radius 1 is 1.41 bits per heavy atom. The van der Waals surface area contributed by atoms with Crippen molar-refractivity contribution in [3.05, 3.63) is 52.6 Å². The molecule has 0 bridgehead atoms. The molecule has 0 amide bonds. The van der Waals surface area contributed by atoms with E-state index in [1.165, 1.54) is 6.07 Å². The van der Waals surface area contributed by atoms with Crippen molar-refractivity contribution in [2.45, 2.75) is 13.1 Å². The molecule has 1 heterocycles. The van der Waals surface area contributed by atoms with E-state index in [2.05, 4.69) is 10.4 Å². The molecule has 0 unspecified atom stereocenters. The van der Waals surface area contributed by atoms with Gasteiger partial charge in [-0.3, -0.25) is 4.68 Å². The van der Waals surface area contributed by atoms with Crippen LogP contribution >= 0.6 is 11.6 Å². The van der Waals surface area contributed by atoms with Gasteiger partial charge in [-0.05, 0) is 19.2 Å². The van der Waals surface area contributed by atoms with E-state index in [1.54, 1.807) is 16.8 Å². The number of halogens is 2. The van der Waals surface area contributed by atoms with Gasteiger partial charge >= 0.3 is 0 Å². The molecule has 0 fully saturated rings. The number of hydrogen-bond acceptors (Lipinski definition) is 2. The van der Waals surface area contributed by atoms with Gasteiger partial charge in [0.15, 0.2) is 0 Å². The fraction of sp³-hybridized carbons (Fsp3) is 0.250. The number of nitrogens with one attached hydrogen (secondary N) is 1. The second kappa shape index (κ2) is 5.29. The predicted molar refractivity (Wildman–Crippen MR) is 65.5 cm³/mol. The first-order valence-corrected chi connectivity index (χ1v) is 5.68. The molecule has 3 nitrogen and oxygen atoms in total. The molecule has 1 aromatic carbocycles. The smallest absolute Gasteiger partial charge is 0.146 e. The van der Waals surface area contributed by atoms with E-state index in [-0.39, 0.29) is 10.8 Å². The van der Waals surface area contributed by atoms with Gasteiger partial charge in [0.25, 0.3) is 0 Å². The van der Waals surface area contributed by atoms with Gasteiger partial charge in [-0.1, -0.05) is 23.7 Å². The van der Waals surface area contributed by atoms with Crippen LogP contribution in [-0.4, -0.2) is 16.8 Å². The lowest BCUT2D eigenvalue weighted by atomic mass is 10.2. The molecule has 5 heteroatoms. The van der Waals surface area contributed by atoms with Gasteiger partial charge in [-0.15, -0.1) is 0 Å². The lowest BCUT2D eigenvalue weighted by Gasteiger charge is -2.04. The third kappa shape index (κ3) is 2.84. The van der Waals surface area contributed by atoms with Crippen molar-refractivity contribution in [2.24, 2.45) is 0 Å². The summed E-state index contributed by atoms with van der Waals surface area (Å²) >= 11 is 5.72. The van der Waals surface area contributed by atoms with Crippen molar-refractivity contribution < 1.29 is 4.39 Å². The second-order valence-electron chi connectivity index (χ2n) is 3.75. The number of hydrogen-bond donors (Lipinski definition) is 1. The Kier molecular flexibility index (Phi) is 3.76. The zero-order valence-corrected chi connectivity index (χ0v) is 10.2. The molecule has 17 heavy (non-hydrogen) atoms. The molecule has 2 aromatic rings. The molecule has 2 rings (SSSR count). The Morgan fingerprint density at radius 2 is 2.24 bits per heavy atom. The van der Waals surface area contributed by atoms with E-state index in [0.29, 0.717) is 18.7 Å². The first-order chi connectivity index (χ1) is 8.20. The maximum Gasteiger partial charge on any atom is 0.146 e. The molecule has 0 aliphatic carbocycles. The monoisotopic (exact) mass is 253 g/mol.